The number of nitrogens with one attached hydrogen (secondary N) is 1. The summed E-state index contributed by atoms with van der Waals surface area (Å²) in [5.41, 5.74) is 6.64. The average molecular weight is 538 g/mol. The zero-order valence-corrected chi connectivity index (χ0v) is 22.8. The summed E-state index contributed by atoms with van der Waals surface area (Å²) in [7, 11) is 1.69. The summed E-state index contributed by atoms with van der Waals surface area (Å²) >= 11 is 0. The van der Waals surface area contributed by atoms with Gasteiger partial charge >= 0.3 is 0 Å². The number of H-pyrrole nitrogens is 1. The molecule has 0 bridgehead atoms. The highest BCUT2D eigenvalue weighted by atomic mass is 16.5. The summed E-state index contributed by atoms with van der Waals surface area (Å²) in [6.45, 7) is 4.16. The molecule has 7 nitrogen and oxygen atoms in total. The van der Waals surface area contributed by atoms with E-state index in [4.69, 9.17) is 18.9 Å². The monoisotopic (exact) mass is 537 g/mol. The van der Waals surface area contributed by atoms with Crippen molar-refractivity contribution in [3.8, 4) is 11.5 Å². The number of fused-ring (bicyclic) bond motifs is 1. The van der Waals surface area contributed by atoms with E-state index in [1.807, 2.05) is 42.5 Å². The summed E-state index contributed by atoms with van der Waals surface area (Å²) in [5.74, 6) is 1.66. The molecule has 5 rings (SSSR count). The molecule has 0 atom stereocenters. The number of hydrogen-bond donors (Lipinski definition) is 1. The van der Waals surface area contributed by atoms with Crippen LogP contribution in [0.3, 0.4) is 0 Å². The number of imidazole rings is 1. The first-order valence-corrected chi connectivity index (χ1v) is 13.5. The molecular weight excluding hydrogens is 502 g/mol. The number of anilines is 1. The zero-order chi connectivity index (χ0) is 27.4. The molecule has 7 heteroatoms. The maximum atomic E-state index is 5.91. The van der Waals surface area contributed by atoms with E-state index in [1.165, 1.54) is 11.1 Å². The number of methoxy groups -OCH3 is 1. The van der Waals surface area contributed by atoms with Gasteiger partial charge in [0, 0.05) is 18.8 Å². The molecular formula is C33H35N3O4. The van der Waals surface area contributed by atoms with Crippen molar-refractivity contribution in [3.05, 3.63) is 120 Å². The zero-order valence-electron chi connectivity index (χ0n) is 22.8. The standard InChI is InChI=1S/C33H35N3O4/c1-37-31-9-5-8-27(20-31)22-36(23-28-10-15-32-33(21-28)35-25-34-32)29-11-13-30(14-12-29)40-19-18-38-16-17-39-24-26-6-3-2-4-7-26/h2-15,20-21,25H,16-19,22-24H2,1H3,(H,34,35). The van der Waals surface area contributed by atoms with Gasteiger partial charge in [-0.15, -0.1) is 0 Å². The molecule has 206 valence electrons. The highest BCUT2D eigenvalue weighted by molar-refractivity contribution is 5.75. The van der Waals surface area contributed by atoms with Gasteiger partial charge in [0.15, 0.2) is 0 Å². The smallest absolute Gasteiger partial charge is 0.119 e. The molecule has 0 spiro atoms. The Labute approximate surface area is 235 Å². The van der Waals surface area contributed by atoms with Crippen LogP contribution < -0.4 is 14.4 Å². The molecule has 0 aliphatic carbocycles. The number of rotatable bonds is 15. The van der Waals surface area contributed by atoms with Crippen molar-refractivity contribution in [2.75, 3.05) is 38.4 Å². The molecule has 5 aromatic rings. The Morgan fingerprint density at radius 3 is 2.25 bits per heavy atom. The van der Waals surface area contributed by atoms with Crippen LogP contribution in [0.25, 0.3) is 11.0 Å². The molecule has 0 amide bonds. The van der Waals surface area contributed by atoms with Gasteiger partial charge in [0.2, 0.25) is 0 Å². The van der Waals surface area contributed by atoms with Crippen LogP contribution in [0.15, 0.2) is 103 Å². The number of nitrogens with zero attached hydrogens (tertiary/aromatic N) is 2. The van der Waals surface area contributed by atoms with Crippen molar-refractivity contribution < 1.29 is 18.9 Å². The minimum Gasteiger partial charge on any atom is -0.497 e. The summed E-state index contributed by atoms with van der Waals surface area (Å²) < 4.78 is 22.7. The maximum absolute atomic E-state index is 5.91. The van der Waals surface area contributed by atoms with Crippen LogP contribution in [0, 0.1) is 0 Å². The van der Waals surface area contributed by atoms with Gasteiger partial charge in [-0.05, 0) is 65.2 Å². The van der Waals surface area contributed by atoms with Crippen molar-refractivity contribution in [2.45, 2.75) is 19.7 Å². The predicted molar refractivity (Wildman–Crippen MR) is 158 cm³/mol. The highest BCUT2D eigenvalue weighted by Gasteiger charge is 2.11. The second-order valence-corrected chi connectivity index (χ2v) is 9.45. The molecule has 1 heterocycles. The first-order chi connectivity index (χ1) is 19.8. The fourth-order valence-electron chi connectivity index (χ4n) is 4.49. The van der Waals surface area contributed by atoms with Gasteiger partial charge in [-0.2, -0.15) is 0 Å². The van der Waals surface area contributed by atoms with E-state index < -0.39 is 0 Å². The minimum atomic E-state index is 0.482. The van der Waals surface area contributed by atoms with E-state index in [2.05, 4.69) is 69.5 Å². The van der Waals surface area contributed by atoms with E-state index in [0.717, 1.165) is 46.9 Å². The van der Waals surface area contributed by atoms with E-state index in [0.29, 0.717) is 33.0 Å². The molecule has 1 aromatic heterocycles. The molecule has 4 aromatic carbocycles. The van der Waals surface area contributed by atoms with Gasteiger partial charge in [0.25, 0.3) is 0 Å². The van der Waals surface area contributed by atoms with Crippen LogP contribution in [-0.2, 0) is 29.2 Å². The van der Waals surface area contributed by atoms with Gasteiger partial charge in [0.05, 0.1) is 50.9 Å². The number of ether oxygens (including phenoxy) is 4. The number of hydrogen-bond acceptors (Lipinski definition) is 6. The van der Waals surface area contributed by atoms with Crippen LogP contribution in [0.2, 0.25) is 0 Å². The largest absolute Gasteiger partial charge is 0.497 e. The molecule has 0 saturated carbocycles. The second-order valence-electron chi connectivity index (χ2n) is 9.45. The number of aromatic amines is 1. The summed E-state index contributed by atoms with van der Waals surface area (Å²) in [5, 5.41) is 0. The second kappa shape index (κ2) is 14.2. The Hall–Kier alpha value is -4.33. The SMILES string of the molecule is COc1cccc(CN(Cc2ccc3nc[nH]c3c2)c2ccc(OCCOCCOCc3ccccc3)cc2)c1. The van der Waals surface area contributed by atoms with Crippen LogP contribution in [-0.4, -0.2) is 43.5 Å². The van der Waals surface area contributed by atoms with E-state index in [-0.39, 0.29) is 0 Å². The molecule has 0 aliphatic rings. The topological polar surface area (TPSA) is 68.8 Å². The third-order valence-corrected chi connectivity index (χ3v) is 6.55. The summed E-state index contributed by atoms with van der Waals surface area (Å²) in [6, 6.07) is 32.9. The lowest BCUT2D eigenvalue weighted by Crippen LogP contribution is -2.22. The van der Waals surface area contributed by atoms with Gasteiger partial charge < -0.3 is 28.8 Å². The lowest BCUT2D eigenvalue weighted by atomic mass is 10.1. The first kappa shape index (κ1) is 27.2. The number of aromatic nitrogens is 2. The van der Waals surface area contributed by atoms with Crippen molar-refractivity contribution in [3.63, 3.8) is 0 Å². The van der Waals surface area contributed by atoms with Crippen LogP contribution in [0.4, 0.5) is 5.69 Å². The molecule has 0 fully saturated rings. The molecule has 0 aliphatic heterocycles. The molecule has 0 saturated heterocycles. The first-order valence-electron chi connectivity index (χ1n) is 13.5. The van der Waals surface area contributed by atoms with Crippen LogP contribution >= 0.6 is 0 Å². The van der Waals surface area contributed by atoms with Gasteiger partial charge in [-0.3, -0.25) is 0 Å². The van der Waals surface area contributed by atoms with Crippen molar-refractivity contribution >= 4 is 16.7 Å². The van der Waals surface area contributed by atoms with E-state index in [1.54, 1.807) is 13.4 Å². The van der Waals surface area contributed by atoms with Crippen molar-refractivity contribution in [1.82, 2.24) is 9.97 Å². The quantitative estimate of drug-likeness (QED) is 0.156. The van der Waals surface area contributed by atoms with Crippen molar-refractivity contribution in [2.24, 2.45) is 0 Å². The Morgan fingerprint density at radius 1 is 0.675 bits per heavy atom. The maximum Gasteiger partial charge on any atom is 0.119 e. The lowest BCUT2D eigenvalue weighted by molar-refractivity contribution is 0.0303. The normalized spacial score (nSPS) is 11.0. The number of benzene rings is 4. The highest BCUT2D eigenvalue weighted by Crippen LogP contribution is 2.25. The Balaban J connectivity index is 1.14. The van der Waals surface area contributed by atoms with E-state index >= 15 is 0 Å². The van der Waals surface area contributed by atoms with Crippen molar-refractivity contribution in [1.29, 1.82) is 0 Å². The fraction of sp³-hybridized carbons (Fsp3) is 0.242. The van der Waals surface area contributed by atoms with Crippen LogP contribution in [0.5, 0.6) is 11.5 Å². The molecule has 0 radical (unpaired) electrons. The Kier molecular flexibility index (Phi) is 9.65. The van der Waals surface area contributed by atoms with Gasteiger partial charge in [-0.1, -0.05) is 48.5 Å². The lowest BCUT2D eigenvalue weighted by Gasteiger charge is -2.26. The third kappa shape index (κ3) is 7.85. The average Bonchev–Trinajstić information content (AvgIpc) is 3.47. The third-order valence-electron chi connectivity index (χ3n) is 6.55. The van der Waals surface area contributed by atoms with Gasteiger partial charge in [0.1, 0.15) is 18.1 Å². The molecule has 40 heavy (non-hydrogen) atoms. The Bertz CT molecular complexity index is 1450. The molecule has 1 N–H and O–H groups in total. The Morgan fingerprint density at radius 2 is 1.43 bits per heavy atom. The summed E-state index contributed by atoms with van der Waals surface area (Å²) in [4.78, 5) is 9.89. The van der Waals surface area contributed by atoms with E-state index in [9.17, 15) is 0 Å². The minimum absolute atomic E-state index is 0.482. The predicted octanol–water partition coefficient (Wildman–Crippen LogP) is 6.39. The van der Waals surface area contributed by atoms with Gasteiger partial charge in [-0.25, -0.2) is 4.98 Å². The summed E-state index contributed by atoms with van der Waals surface area (Å²) in [6.07, 6.45) is 1.73. The fourth-order valence-corrected chi connectivity index (χ4v) is 4.49. The van der Waals surface area contributed by atoms with Crippen LogP contribution in [0.1, 0.15) is 16.7 Å². The molecule has 0 unspecified atom stereocenters.